The minimum absolute atomic E-state index is 0.287. The van der Waals surface area contributed by atoms with Gasteiger partial charge in [-0.1, -0.05) is 19.1 Å². The van der Waals surface area contributed by atoms with Crippen molar-refractivity contribution in [1.82, 2.24) is 4.57 Å². The van der Waals surface area contributed by atoms with E-state index in [-0.39, 0.29) is 18.4 Å². The molecule has 0 bridgehead atoms. The highest BCUT2D eigenvalue weighted by Gasteiger charge is 2.27. The van der Waals surface area contributed by atoms with Crippen LogP contribution in [0.5, 0.6) is 5.75 Å². The largest absolute Gasteiger partial charge is 0.496 e. The van der Waals surface area contributed by atoms with Gasteiger partial charge in [0.05, 0.1) is 25.0 Å². The van der Waals surface area contributed by atoms with Crippen LogP contribution in [0.4, 0.5) is 4.39 Å². The summed E-state index contributed by atoms with van der Waals surface area (Å²) in [6, 6.07) is 12.5. The molecule has 0 radical (unpaired) electrons. The van der Waals surface area contributed by atoms with Gasteiger partial charge in [-0.2, -0.15) is 0 Å². The van der Waals surface area contributed by atoms with Gasteiger partial charge in [-0.3, -0.25) is 0 Å². The fraction of sp³-hybridized carbons (Fsp3) is 0.292. The van der Waals surface area contributed by atoms with Crippen molar-refractivity contribution >= 4 is 5.97 Å². The molecule has 0 atom stereocenters. The maximum atomic E-state index is 14.0. The standard InChI is InChI=1S/C24H24FNO3/c1-4-15-12-19-16(13-22(15)28-3)9-10-26-21(19)14-20(24(27)29-5-2)23(26)17-7-6-8-18(25)11-17/h6-8,11-14H,4-5,9-10H2,1-3H3. The van der Waals surface area contributed by atoms with E-state index in [1.54, 1.807) is 20.1 Å². The van der Waals surface area contributed by atoms with E-state index in [4.69, 9.17) is 9.47 Å². The first kappa shape index (κ1) is 19.2. The van der Waals surface area contributed by atoms with Gasteiger partial charge in [0.15, 0.2) is 0 Å². The molecule has 0 amide bonds. The lowest BCUT2D eigenvalue weighted by atomic mass is 9.94. The topological polar surface area (TPSA) is 40.5 Å². The average Bonchev–Trinajstić information content (AvgIpc) is 3.13. The smallest absolute Gasteiger partial charge is 0.340 e. The summed E-state index contributed by atoms with van der Waals surface area (Å²) >= 11 is 0. The minimum atomic E-state index is -0.389. The molecule has 3 aromatic rings. The SMILES string of the molecule is CCOC(=O)c1cc2n(c1-c1cccc(F)c1)CCc1cc(OC)c(CC)cc1-2. The molecule has 2 heterocycles. The van der Waals surface area contributed by atoms with Crippen molar-refractivity contribution in [3.63, 3.8) is 0 Å². The first-order chi connectivity index (χ1) is 14.1. The molecule has 0 unspecified atom stereocenters. The van der Waals surface area contributed by atoms with Gasteiger partial charge in [0.2, 0.25) is 0 Å². The highest BCUT2D eigenvalue weighted by Crippen LogP contribution is 2.40. The zero-order chi connectivity index (χ0) is 20.5. The lowest BCUT2D eigenvalue weighted by molar-refractivity contribution is 0.0527. The molecule has 0 saturated carbocycles. The monoisotopic (exact) mass is 393 g/mol. The van der Waals surface area contributed by atoms with Crippen molar-refractivity contribution < 1.29 is 18.7 Å². The summed E-state index contributed by atoms with van der Waals surface area (Å²) in [7, 11) is 1.69. The molecule has 1 aliphatic heterocycles. The fourth-order valence-corrected chi connectivity index (χ4v) is 4.13. The zero-order valence-electron chi connectivity index (χ0n) is 16.9. The maximum absolute atomic E-state index is 14.0. The quantitative estimate of drug-likeness (QED) is 0.555. The Balaban J connectivity index is 1.96. The first-order valence-corrected chi connectivity index (χ1v) is 9.94. The Morgan fingerprint density at radius 3 is 2.69 bits per heavy atom. The number of ether oxygens (including phenoxy) is 2. The number of hydrogen-bond acceptors (Lipinski definition) is 3. The van der Waals surface area contributed by atoms with Crippen LogP contribution in [-0.2, 0) is 24.1 Å². The predicted molar refractivity (Wildman–Crippen MR) is 111 cm³/mol. The van der Waals surface area contributed by atoms with Gasteiger partial charge in [0.25, 0.3) is 0 Å². The molecule has 150 valence electrons. The van der Waals surface area contributed by atoms with E-state index < -0.39 is 0 Å². The molecule has 0 aliphatic carbocycles. The van der Waals surface area contributed by atoms with Crippen molar-refractivity contribution in [3.05, 3.63) is 65.0 Å². The Morgan fingerprint density at radius 2 is 2.00 bits per heavy atom. The number of fused-ring (bicyclic) bond motifs is 3. The maximum Gasteiger partial charge on any atom is 0.340 e. The van der Waals surface area contributed by atoms with Crippen LogP contribution in [-0.4, -0.2) is 24.3 Å². The van der Waals surface area contributed by atoms with E-state index in [0.29, 0.717) is 23.4 Å². The number of esters is 1. The summed E-state index contributed by atoms with van der Waals surface area (Å²) in [5.41, 5.74) is 6.18. The summed E-state index contributed by atoms with van der Waals surface area (Å²) in [6.07, 6.45) is 1.65. The number of methoxy groups -OCH3 is 1. The van der Waals surface area contributed by atoms with Crippen LogP contribution in [0.15, 0.2) is 42.5 Å². The molecule has 1 aromatic heterocycles. The van der Waals surface area contributed by atoms with Crippen molar-refractivity contribution in [2.24, 2.45) is 0 Å². The number of rotatable bonds is 5. The highest BCUT2D eigenvalue weighted by molar-refractivity contribution is 5.99. The van der Waals surface area contributed by atoms with Gasteiger partial charge in [0, 0.05) is 23.4 Å². The van der Waals surface area contributed by atoms with Gasteiger partial charge in [-0.25, -0.2) is 9.18 Å². The second-order valence-corrected chi connectivity index (χ2v) is 7.10. The van der Waals surface area contributed by atoms with Crippen LogP contribution in [0.3, 0.4) is 0 Å². The molecular formula is C24H24FNO3. The summed E-state index contributed by atoms with van der Waals surface area (Å²) in [5, 5.41) is 0. The summed E-state index contributed by atoms with van der Waals surface area (Å²) < 4.78 is 26.9. The van der Waals surface area contributed by atoms with E-state index >= 15 is 0 Å². The molecule has 2 aromatic carbocycles. The van der Waals surface area contributed by atoms with E-state index in [0.717, 1.165) is 35.4 Å². The number of aromatic nitrogens is 1. The number of hydrogen-bond donors (Lipinski definition) is 0. The van der Waals surface area contributed by atoms with Crippen molar-refractivity contribution in [1.29, 1.82) is 0 Å². The van der Waals surface area contributed by atoms with E-state index in [1.165, 1.54) is 17.7 Å². The van der Waals surface area contributed by atoms with E-state index in [9.17, 15) is 9.18 Å². The molecule has 0 saturated heterocycles. The molecule has 0 spiro atoms. The minimum Gasteiger partial charge on any atom is -0.496 e. The molecule has 5 heteroatoms. The zero-order valence-corrected chi connectivity index (χ0v) is 16.9. The van der Waals surface area contributed by atoms with Gasteiger partial charge in [0.1, 0.15) is 11.6 Å². The second kappa shape index (κ2) is 7.74. The van der Waals surface area contributed by atoms with Crippen LogP contribution in [0, 0.1) is 5.82 Å². The molecule has 4 nitrogen and oxygen atoms in total. The molecule has 0 fully saturated rings. The van der Waals surface area contributed by atoms with Crippen LogP contribution >= 0.6 is 0 Å². The Morgan fingerprint density at radius 1 is 1.17 bits per heavy atom. The Labute approximate surface area is 169 Å². The van der Waals surface area contributed by atoms with Crippen LogP contribution in [0.2, 0.25) is 0 Å². The third-order valence-corrected chi connectivity index (χ3v) is 5.46. The third kappa shape index (κ3) is 3.31. The molecule has 0 N–H and O–H groups in total. The van der Waals surface area contributed by atoms with Gasteiger partial charge < -0.3 is 14.0 Å². The van der Waals surface area contributed by atoms with Crippen molar-refractivity contribution in [2.75, 3.05) is 13.7 Å². The average molecular weight is 393 g/mol. The number of aryl methyl sites for hydroxylation is 2. The fourth-order valence-electron chi connectivity index (χ4n) is 4.13. The first-order valence-electron chi connectivity index (χ1n) is 9.94. The van der Waals surface area contributed by atoms with Crippen LogP contribution in [0.25, 0.3) is 22.5 Å². The molecule has 1 aliphatic rings. The van der Waals surface area contributed by atoms with E-state index in [1.807, 2.05) is 12.1 Å². The lowest BCUT2D eigenvalue weighted by Gasteiger charge is -2.23. The summed E-state index contributed by atoms with van der Waals surface area (Å²) in [5.74, 6) is 0.170. The van der Waals surface area contributed by atoms with Crippen LogP contribution < -0.4 is 4.74 Å². The van der Waals surface area contributed by atoms with Crippen molar-refractivity contribution in [3.8, 4) is 28.3 Å². The second-order valence-electron chi connectivity index (χ2n) is 7.10. The predicted octanol–water partition coefficient (Wildman–Crippen LogP) is 5.27. The number of nitrogens with zero attached hydrogens (tertiary/aromatic N) is 1. The highest BCUT2D eigenvalue weighted by atomic mass is 19.1. The number of halogens is 1. The van der Waals surface area contributed by atoms with Crippen LogP contribution in [0.1, 0.15) is 35.3 Å². The Hall–Kier alpha value is -3.08. The van der Waals surface area contributed by atoms with Gasteiger partial charge >= 0.3 is 5.97 Å². The Kier molecular flexibility index (Phi) is 5.14. The number of carbonyl (C=O) groups is 1. The molecular weight excluding hydrogens is 369 g/mol. The number of benzene rings is 2. The Bertz CT molecular complexity index is 1080. The normalized spacial score (nSPS) is 12.3. The van der Waals surface area contributed by atoms with Crippen molar-refractivity contribution in [2.45, 2.75) is 33.2 Å². The summed E-state index contributed by atoms with van der Waals surface area (Å²) in [6.45, 7) is 4.86. The van der Waals surface area contributed by atoms with Gasteiger partial charge in [-0.15, -0.1) is 0 Å². The molecule has 29 heavy (non-hydrogen) atoms. The third-order valence-electron chi connectivity index (χ3n) is 5.46. The molecule has 4 rings (SSSR count). The van der Waals surface area contributed by atoms with E-state index in [2.05, 4.69) is 23.6 Å². The van der Waals surface area contributed by atoms with Gasteiger partial charge in [-0.05, 0) is 61.2 Å². The summed E-state index contributed by atoms with van der Waals surface area (Å²) in [4.78, 5) is 12.7. The lowest BCUT2D eigenvalue weighted by Crippen LogP contribution is -2.13. The number of carbonyl (C=O) groups excluding carboxylic acids is 1.